The van der Waals surface area contributed by atoms with Gasteiger partial charge in [0.25, 0.3) is 5.69 Å². The highest BCUT2D eigenvalue weighted by Crippen LogP contribution is 2.18. The monoisotopic (exact) mass is 359 g/mol. The maximum absolute atomic E-state index is 10.7. The summed E-state index contributed by atoms with van der Waals surface area (Å²) in [6.07, 6.45) is 0.497. The smallest absolute Gasteiger partial charge is 0.269 e. The number of benzene rings is 3. The summed E-state index contributed by atoms with van der Waals surface area (Å²) >= 11 is 0. The Bertz CT molecular complexity index is 939. The van der Waals surface area contributed by atoms with Crippen molar-refractivity contribution in [3.05, 3.63) is 101 Å². The summed E-state index contributed by atoms with van der Waals surface area (Å²) in [7, 11) is 0. The van der Waals surface area contributed by atoms with E-state index in [1.54, 1.807) is 12.1 Å². The number of azo groups is 1. The number of nitrogens with zero attached hydrogens (tertiary/aromatic N) is 4. The van der Waals surface area contributed by atoms with Crippen molar-refractivity contribution in [1.82, 2.24) is 0 Å². The Morgan fingerprint density at radius 3 is 2.15 bits per heavy atom. The Labute approximate surface area is 156 Å². The fourth-order valence-electron chi connectivity index (χ4n) is 2.27. The third kappa shape index (κ3) is 5.57. The summed E-state index contributed by atoms with van der Waals surface area (Å²) in [5.74, 6) is 0.489. The molecule has 0 atom stereocenters. The fourth-order valence-corrected chi connectivity index (χ4v) is 2.27. The van der Waals surface area contributed by atoms with Crippen LogP contribution in [0.3, 0.4) is 0 Å². The Morgan fingerprint density at radius 1 is 0.889 bits per heavy atom. The minimum atomic E-state index is -0.451. The van der Waals surface area contributed by atoms with Gasteiger partial charge in [-0.15, -0.1) is 10.2 Å². The van der Waals surface area contributed by atoms with Gasteiger partial charge in [0.15, 0.2) is 5.84 Å². The Hall–Kier alpha value is -3.87. The molecule has 27 heavy (non-hydrogen) atoms. The lowest BCUT2D eigenvalue weighted by Gasteiger charge is -2.03. The van der Waals surface area contributed by atoms with Gasteiger partial charge in [-0.1, -0.05) is 48.5 Å². The van der Waals surface area contributed by atoms with Crippen LogP contribution in [-0.4, -0.2) is 10.8 Å². The molecule has 0 fully saturated rings. The zero-order chi connectivity index (χ0) is 18.9. The lowest BCUT2D eigenvalue weighted by Crippen LogP contribution is -2.03. The Kier molecular flexibility index (Phi) is 5.98. The van der Waals surface area contributed by atoms with Crippen LogP contribution < -0.4 is 5.43 Å². The summed E-state index contributed by atoms with van der Waals surface area (Å²) < 4.78 is 0. The molecule has 0 amide bonds. The van der Waals surface area contributed by atoms with E-state index in [4.69, 9.17) is 0 Å². The maximum Gasteiger partial charge on any atom is 0.269 e. The molecule has 0 unspecified atom stereocenters. The number of hydrogen-bond acceptors (Lipinski definition) is 5. The normalized spacial score (nSPS) is 11.5. The standard InChI is InChI=1S/C20H17N5O2/c26-25(27)19-13-11-18(12-14-19)22-24-20(15-16-7-3-1-4-8-16)23-21-17-9-5-2-6-10-17/h1-14,21H,15H2/b23-20-,24-22?. The third-order valence-corrected chi connectivity index (χ3v) is 3.63. The second kappa shape index (κ2) is 9.00. The molecular formula is C20H17N5O2. The van der Waals surface area contributed by atoms with Crippen LogP contribution in [0.5, 0.6) is 0 Å². The molecule has 134 valence electrons. The molecule has 1 N–H and O–H groups in total. The molecule has 0 saturated heterocycles. The van der Waals surface area contributed by atoms with Crippen LogP contribution in [0, 0.1) is 10.1 Å². The van der Waals surface area contributed by atoms with Gasteiger partial charge in [0.2, 0.25) is 0 Å². The van der Waals surface area contributed by atoms with E-state index < -0.39 is 4.92 Å². The predicted octanol–water partition coefficient (Wildman–Crippen LogP) is 5.35. The van der Waals surface area contributed by atoms with E-state index in [0.717, 1.165) is 11.3 Å². The van der Waals surface area contributed by atoms with Gasteiger partial charge in [-0.3, -0.25) is 15.5 Å². The van der Waals surface area contributed by atoms with Crippen molar-refractivity contribution < 1.29 is 4.92 Å². The van der Waals surface area contributed by atoms with Crippen LogP contribution in [0.1, 0.15) is 5.56 Å². The second-order valence-electron chi connectivity index (χ2n) is 5.64. The van der Waals surface area contributed by atoms with Crippen LogP contribution in [0.2, 0.25) is 0 Å². The molecule has 3 rings (SSSR count). The quantitative estimate of drug-likeness (QED) is 0.211. The number of non-ortho nitro benzene ring substituents is 1. The Balaban J connectivity index is 1.78. The molecular weight excluding hydrogens is 342 g/mol. The molecule has 0 saturated carbocycles. The molecule has 3 aromatic carbocycles. The van der Waals surface area contributed by atoms with Crippen LogP contribution >= 0.6 is 0 Å². The minimum Gasteiger partial charge on any atom is -0.277 e. The van der Waals surface area contributed by atoms with Crippen molar-refractivity contribution in [3.8, 4) is 0 Å². The van der Waals surface area contributed by atoms with E-state index in [1.807, 2.05) is 60.7 Å². The fraction of sp³-hybridized carbons (Fsp3) is 0.0500. The lowest BCUT2D eigenvalue weighted by atomic mass is 10.1. The zero-order valence-corrected chi connectivity index (χ0v) is 14.4. The van der Waals surface area contributed by atoms with Crippen molar-refractivity contribution in [2.24, 2.45) is 15.3 Å². The molecule has 7 nitrogen and oxygen atoms in total. The molecule has 0 radical (unpaired) electrons. The zero-order valence-electron chi connectivity index (χ0n) is 14.4. The predicted molar refractivity (Wildman–Crippen MR) is 105 cm³/mol. The third-order valence-electron chi connectivity index (χ3n) is 3.63. The first kappa shape index (κ1) is 17.9. The number of nitro benzene ring substituents is 1. The highest BCUT2D eigenvalue weighted by atomic mass is 16.6. The summed E-state index contributed by atoms with van der Waals surface area (Å²) in [5, 5.41) is 23.4. The molecule has 7 heteroatoms. The van der Waals surface area contributed by atoms with Gasteiger partial charge in [0, 0.05) is 18.6 Å². The number of amidine groups is 1. The molecule has 0 aliphatic carbocycles. The average molecular weight is 359 g/mol. The highest BCUT2D eigenvalue weighted by molar-refractivity contribution is 5.85. The van der Waals surface area contributed by atoms with E-state index >= 15 is 0 Å². The molecule has 0 aromatic heterocycles. The van der Waals surface area contributed by atoms with Crippen molar-refractivity contribution in [2.45, 2.75) is 6.42 Å². The number of nitrogens with one attached hydrogen (secondary N) is 1. The van der Waals surface area contributed by atoms with Crippen LogP contribution in [0.25, 0.3) is 0 Å². The van der Waals surface area contributed by atoms with E-state index in [9.17, 15) is 10.1 Å². The molecule has 0 bridgehead atoms. The van der Waals surface area contributed by atoms with E-state index in [-0.39, 0.29) is 5.69 Å². The van der Waals surface area contributed by atoms with Crippen molar-refractivity contribution in [1.29, 1.82) is 0 Å². The van der Waals surface area contributed by atoms with Gasteiger partial charge in [-0.2, -0.15) is 5.10 Å². The van der Waals surface area contributed by atoms with E-state index in [1.165, 1.54) is 12.1 Å². The van der Waals surface area contributed by atoms with Crippen molar-refractivity contribution >= 4 is 22.9 Å². The largest absolute Gasteiger partial charge is 0.277 e. The summed E-state index contributed by atoms with van der Waals surface area (Å²) in [4.78, 5) is 10.3. The van der Waals surface area contributed by atoms with Crippen molar-refractivity contribution in [2.75, 3.05) is 5.43 Å². The first-order valence-electron chi connectivity index (χ1n) is 8.28. The van der Waals surface area contributed by atoms with Gasteiger partial charge in [0.1, 0.15) is 0 Å². The van der Waals surface area contributed by atoms with Gasteiger partial charge in [-0.05, 0) is 29.8 Å². The maximum atomic E-state index is 10.7. The molecule has 0 aliphatic rings. The van der Waals surface area contributed by atoms with Crippen LogP contribution in [0.15, 0.2) is 100 Å². The number of hydrogen-bond donors (Lipinski definition) is 1. The average Bonchev–Trinajstić information content (AvgIpc) is 2.72. The van der Waals surface area contributed by atoms with Gasteiger partial charge in [0.05, 0.1) is 16.3 Å². The lowest BCUT2D eigenvalue weighted by molar-refractivity contribution is -0.384. The van der Waals surface area contributed by atoms with Crippen LogP contribution in [-0.2, 0) is 6.42 Å². The number of para-hydroxylation sites is 1. The van der Waals surface area contributed by atoms with Gasteiger partial charge < -0.3 is 0 Å². The van der Waals surface area contributed by atoms with Gasteiger partial charge in [-0.25, -0.2) is 0 Å². The number of nitro groups is 1. The first-order valence-corrected chi connectivity index (χ1v) is 8.28. The second-order valence-corrected chi connectivity index (χ2v) is 5.64. The number of hydrazone groups is 1. The van der Waals surface area contributed by atoms with E-state index in [2.05, 4.69) is 20.8 Å². The number of anilines is 1. The van der Waals surface area contributed by atoms with Crippen LogP contribution in [0.4, 0.5) is 17.1 Å². The molecule has 0 heterocycles. The molecule has 0 aliphatic heterocycles. The minimum absolute atomic E-state index is 0.0119. The van der Waals surface area contributed by atoms with Gasteiger partial charge >= 0.3 is 0 Å². The topological polar surface area (TPSA) is 92.2 Å². The highest BCUT2D eigenvalue weighted by Gasteiger charge is 2.04. The summed E-state index contributed by atoms with van der Waals surface area (Å²) in [6, 6.07) is 25.2. The Morgan fingerprint density at radius 2 is 1.52 bits per heavy atom. The molecule has 0 spiro atoms. The van der Waals surface area contributed by atoms with E-state index in [0.29, 0.717) is 17.9 Å². The first-order chi connectivity index (χ1) is 13.2. The summed E-state index contributed by atoms with van der Waals surface area (Å²) in [5.41, 5.74) is 5.39. The molecule has 3 aromatic rings. The number of rotatable bonds is 6. The SMILES string of the molecule is O=[N+]([O-])c1ccc(N=N/C(Cc2ccccc2)=N\Nc2ccccc2)cc1. The van der Waals surface area contributed by atoms with Crippen molar-refractivity contribution in [3.63, 3.8) is 0 Å². The summed E-state index contributed by atoms with van der Waals surface area (Å²) in [6.45, 7) is 0.